The van der Waals surface area contributed by atoms with Crippen molar-refractivity contribution in [1.82, 2.24) is 4.98 Å². The minimum atomic E-state index is -0.434. The van der Waals surface area contributed by atoms with E-state index in [1.54, 1.807) is 13.1 Å². The molecule has 0 aromatic carbocycles. The number of rotatable bonds is 7. The van der Waals surface area contributed by atoms with Crippen LogP contribution in [0.5, 0.6) is 0 Å². The lowest BCUT2D eigenvalue weighted by molar-refractivity contribution is -0.384. The summed E-state index contributed by atoms with van der Waals surface area (Å²) < 4.78 is 5.79. The van der Waals surface area contributed by atoms with Crippen LogP contribution in [0.15, 0.2) is 12.1 Å². The Morgan fingerprint density at radius 1 is 1.38 bits per heavy atom. The van der Waals surface area contributed by atoms with Crippen LogP contribution in [0.25, 0.3) is 0 Å². The maximum atomic E-state index is 11.0. The van der Waals surface area contributed by atoms with Gasteiger partial charge in [-0.05, 0) is 18.9 Å². The van der Waals surface area contributed by atoms with Gasteiger partial charge in [-0.15, -0.1) is 0 Å². The van der Waals surface area contributed by atoms with Crippen LogP contribution < -0.4 is 10.6 Å². The molecule has 1 heterocycles. The van der Waals surface area contributed by atoms with Gasteiger partial charge in [-0.25, -0.2) is 4.98 Å². The highest BCUT2D eigenvalue weighted by Crippen LogP contribution is 2.24. The van der Waals surface area contributed by atoms with E-state index in [1.165, 1.54) is 25.3 Å². The van der Waals surface area contributed by atoms with Crippen molar-refractivity contribution in [2.24, 2.45) is 0 Å². The Kier molecular flexibility index (Phi) is 5.74. The van der Waals surface area contributed by atoms with Crippen molar-refractivity contribution in [2.75, 3.05) is 30.8 Å². The molecule has 0 atom stereocenters. The van der Waals surface area contributed by atoms with E-state index in [1.807, 2.05) is 0 Å². The predicted molar refractivity (Wildman–Crippen MR) is 81.8 cm³/mol. The third kappa shape index (κ3) is 4.56. The smallest absolute Gasteiger partial charge is 0.311 e. The molecule has 0 bridgehead atoms. The van der Waals surface area contributed by atoms with E-state index >= 15 is 0 Å². The molecule has 0 unspecified atom stereocenters. The van der Waals surface area contributed by atoms with Gasteiger partial charge in [0, 0.05) is 19.7 Å². The zero-order valence-electron chi connectivity index (χ0n) is 12.3. The summed E-state index contributed by atoms with van der Waals surface area (Å²) in [6, 6.07) is 3.03. The average Bonchev–Trinajstić information content (AvgIpc) is 2.52. The van der Waals surface area contributed by atoms with Crippen LogP contribution in [-0.4, -0.2) is 36.2 Å². The first kappa shape index (κ1) is 15.5. The second-order valence-electron chi connectivity index (χ2n) is 5.13. The van der Waals surface area contributed by atoms with Gasteiger partial charge in [-0.1, -0.05) is 19.3 Å². The highest BCUT2D eigenvalue weighted by molar-refractivity contribution is 5.60. The van der Waals surface area contributed by atoms with E-state index in [0.29, 0.717) is 25.1 Å². The Labute approximate surface area is 124 Å². The number of hydrogen-bond acceptors (Lipinski definition) is 6. The van der Waals surface area contributed by atoms with Gasteiger partial charge >= 0.3 is 5.69 Å². The van der Waals surface area contributed by atoms with Crippen molar-refractivity contribution in [1.29, 1.82) is 0 Å². The lowest BCUT2D eigenvalue weighted by Crippen LogP contribution is -2.21. The molecule has 7 nitrogen and oxygen atoms in total. The fourth-order valence-corrected chi connectivity index (χ4v) is 2.50. The van der Waals surface area contributed by atoms with Crippen LogP contribution in [0.4, 0.5) is 17.3 Å². The number of hydrogen-bond donors (Lipinski definition) is 2. The van der Waals surface area contributed by atoms with Crippen LogP contribution in [0.3, 0.4) is 0 Å². The van der Waals surface area contributed by atoms with Gasteiger partial charge in [0.05, 0.1) is 17.6 Å². The molecular formula is C14H22N4O3. The van der Waals surface area contributed by atoms with Crippen LogP contribution in [0.1, 0.15) is 32.1 Å². The summed E-state index contributed by atoms with van der Waals surface area (Å²) in [5, 5.41) is 16.8. The molecule has 1 aromatic rings. The van der Waals surface area contributed by atoms with Crippen LogP contribution in [0, 0.1) is 10.1 Å². The van der Waals surface area contributed by atoms with Crippen molar-refractivity contribution >= 4 is 17.3 Å². The fraction of sp³-hybridized carbons (Fsp3) is 0.643. The monoisotopic (exact) mass is 294 g/mol. The highest BCUT2D eigenvalue weighted by Gasteiger charge is 2.16. The number of anilines is 2. The molecule has 0 radical (unpaired) electrons. The van der Waals surface area contributed by atoms with Gasteiger partial charge in [-0.2, -0.15) is 0 Å². The van der Waals surface area contributed by atoms with E-state index in [0.717, 1.165) is 12.8 Å². The minimum absolute atomic E-state index is 0.0216. The van der Waals surface area contributed by atoms with E-state index in [9.17, 15) is 10.1 Å². The van der Waals surface area contributed by atoms with Gasteiger partial charge in [0.15, 0.2) is 0 Å². The fourth-order valence-electron chi connectivity index (χ4n) is 2.50. The molecule has 0 amide bonds. The van der Waals surface area contributed by atoms with Gasteiger partial charge < -0.3 is 15.4 Å². The van der Waals surface area contributed by atoms with Crippen molar-refractivity contribution in [3.05, 3.63) is 22.2 Å². The summed E-state index contributed by atoms with van der Waals surface area (Å²) in [7, 11) is 1.73. The zero-order valence-corrected chi connectivity index (χ0v) is 12.3. The van der Waals surface area contributed by atoms with Gasteiger partial charge in [0.25, 0.3) is 0 Å². The molecule has 7 heteroatoms. The van der Waals surface area contributed by atoms with Crippen molar-refractivity contribution < 1.29 is 9.66 Å². The van der Waals surface area contributed by atoms with Crippen LogP contribution in [-0.2, 0) is 4.74 Å². The lowest BCUT2D eigenvalue weighted by Gasteiger charge is -2.22. The molecule has 1 aromatic heterocycles. The van der Waals surface area contributed by atoms with Crippen molar-refractivity contribution in [3.63, 3.8) is 0 Å². The molecule has 1 aliphatic carbocycles. The van der Waals surface area contributed by atoms with E-state index in [4.69, 9.17) is 4.74 Å². The van der Waals surface area contributed by atoms with Crippen molar-refractivity contribution in [2.45, 2.75) is 38.2 Å². The summed E-state index contributed by atoms with van der Waals surface area (Å²) in [5.74, 6) is 0.871. The number of aromatic nitrogens is 1. The quantitative estimate of drug-likeness (QED) is 0.456. The standard InChI is InChI=1S/C14H22N4O3/c1-15-13-8-7-12(18(19)20)14(17-13)16-9-10-21-11-5-3-2-4-6-11/h7-8,11H,2-6,9-10H2,1H3,(H2,15,16,17). The molecule has 0 saturated heterocycles. The summed E-state index contributed by atoms with van der Waals surface area (Å²) >= 11 is 0. The first-order chi connectivity index (χ1) is 10.2. The largest absolute Gasteiger partial charge is 0.376 e. The first-order valence-corrected chi connectivity index (χ1v) is 7.39. The number of pyridine rings is 1. The number of nitrogens with zero attached hydrogens (tertiary/aromatic N) is 2. The summed E-state index contributed by atoms with van der Waals surface area (Å²) in [4.78, 5) is 14.7. The summed E-state index contributed by atoms with van der Waals surface area (Å²) in [5.41, 5.74) is -0.0216. The molecule has 1 fully saturated rings. The molecule has 0 spiro atoms. The molecule has 1 saturated carbocycles. The van der Waals surface area contributed by atoms with Gasteiger partial charge in [0.1, 0.15) is 5.82 Å². The van der Waals surface area contributed by atoms with Gasteiger partial charge in [-0.3, -0.25) is 10.1 Å². The number of nitrogens with one attached hydrogen (secondary N) is 2. The Morgan fingerprint density at radius 2 is 2.14 bits per heavy atom. The van der Waals surface area contributed by atoms with E-state index in [-0.39, 0.29) is 11.5 Å². The lowest BCUT2D eigenvalue weighted by atomic mass is 9.98. The topological polar surface area (TPSA) is 89.3 Å². The third-order valence-corrected chi connectivity index (χ3v) is 3.63. The molecule has 0 aliphatic heterocycles. The Balaban J connectivity index is 1.84. The van der Waals surface area contributed by atoms with Gasteiger partial charge in [0.2, 0.25) is 5.82 Å². The van der Waals surface area contributed by atoms with Crippen LogP contribution >= 0.6 is 0 Å². The molecule has 21 heavy (non-hydrogen) atoms. The highest BCUT2D eigenvalue weighted by atomic mass is 16.6. The van der Waals surface area contributed by atoms with E-state index in [2.05, 4.69) is 15.6 Å². The molecular weight excluding hydrogens is 272 g/mol. The maximum Gasteiger partial charge on any atom is 0.311 e. The van der Waals surface area contributed by atoms with E-state index < -0.39 is 4.92 Å². The Bertz CT molecular complexity index is 475. The number of nitro groups is 1. The summed E-state index contributed by atoms with van der Waals surface area (Å²) in [6.45, 7) is 1.05. The molecule has 1 aliphatic rings. The Morgan fingerprint density at radius 3 is 2.81 bits per heavy atom. The van der Waals surface area contributed by atoms with Crippen LogP contribution in [0.2, 0.25) is 0 Å². The van der Waals surface area contributed by atoms with Crippen molar-refractivity contribution in [3.8, 4) is 0 Å². The molecule has 116 valence electrons. The first-order valence-electron chi connectivity index (χ1n) is 7.39. The molecule has 2 N–H and O–H groups in total. The minimum Gasteiger partial charge on any atom is -0.376 e. The third-order valence-electron chi connectivity index (χ3n) is 3.63. The summed E-state index contributed by atoms with van der Waals surface area (Å²) in [6.07, 6.45) is 6.34. The normalized spacial score (nSPS) is 15.7. The SMILES string of the molecule is CNc1ccc([N+](=O)[O-])c(NCCOC2CCCCC2)n1. The molecule has 2 rings (SSSR count). The number of ether oxygens (including phenoxy) is 1. The average molecular weight is 294 g/mol. The second-order valence-corrected chi connectivity index (χ2v) is 5.13. The maximum absolute atomic E-state index is 11.0. The Hall–Kier alpha value is -1.89. The predicted octanol–water partition coefficient (Wildman–Crippen LogP) is 2.79. The second kappa shape index (κ2) is 7.78. The zero-order chi connectivity index (χ0) is 15.1.